The summed E-state index contributed by atoms with van der Waals surface area (Å²) in [6.07, 6.45) is 6.15. The third-order valence-electron chi connectivity index (χ3n) is 2.87. The van der Waals surface area contributed by atoms with Crippen LogP contribution in [0.2, 0.25) is 0 Å². The van der Waals surface area contributed by atoms with E-state index in [-0.39, 0.29) is 5.92 Å². The van der Waals surface area contributed by atoms with Crippen LogP contribution in [0.3, 0.4) is 0 Å². The minimum absolute atomic E-state index is 0.0696. The first-order valence-corrected chi connectivity index (χ1v) is 5.31. The molecule has 1 fully saturated rings. The number of hydrogen-bond donors (Lipinski definition) is 2. The van der Waals surface area contributed by atoms with E-state index in [1.54, 1.807) is 0 Å². The van der Waals surface area contributed by atoms with Gasteiger partial charge < -0.3 is 10.4 Å². The predicted octanol–water partition coefficient (Wildman–Crippen LogP) is 1.32. The molecule has 4 heteroatoms. The maximum absolute atomic E-state index is 11.1. The van der Waals surface area contributed by atoms with E-state index in [0.29, 0.717) is 0 Å². The van der Waals surface area contributed by atoms with Crippen molar-refractivity contribution < 1.29 is 14.7 Å². The monoisotopic (exact) mass is 211 g/mol. The van der Waals surface area contributed by atoms with E-state index in [4.69, 9.17) is 5.11 Å². The molecule has 2 N–H and O–H groups in total. The Bertz CT molecular complexity index is 257. The standard InChI is InChI=1S/C11H17NO3/c1-2-9(13)12-10(11(14)15)8-6-4-3-5-7-8/h2,8,10H,1,3-7H2,(H,12,13)(H,14,15). The Hall–Kier alpha value is -1.32. The third-order valence-corrected chi connectivity index (χ3v) is 2.87. The first-order valence-electron chi connectivity index (χ1n) is 5.31. The molecule has 0 spiro atoms. The summed E-state index contributed by atoms with van der Waals surface area (Å²) in [5, 5.41) is 11.5. The van der Waals surface area contributed by atoms with Crippen LogP contribution >= 0.6 is 0 Å². The van der Waals surface area contributed by atoms with E-state index >= 15 is 0 Å². The van der Waals surface area contributed by atoms with Crippen LogP contribution in [0.1, 0.15) is 32.1 Å². The lowest BCUT2D eigenvalue weighted by molar-refractivity contribution is -0.143. The van der Waals surface area contributed by atoms with Crippen LogP contribution in [-0.2, 0) is 9.59 Å². The molecule has 0 aliphatic heterocycles. The molecule has 1 aliphatic rings. The molecular formula is C11H17NO3. The highest BCUT2D eigenvalue weighted by Crippen LogP contribution is 2.26. The average molecular weight is 211 g/mol. The number of carboxylic acid groups (broad SMARTS) is 1. The van der Waals surface area contributed by atoms with Gasteiger partial charge in [-0.05, 0) is 24.8 Å². The molecule has 0 bridgehead atoms. The molecule has 1 atom stereocenters. The second-order valence-corrected chi connectivity index (χ2v) is 3.93. The van der Waals surface area contributed by atoms with Crippen LogP contribution in [0.25, 0.3) is 0 Å². The van der Waals surface area contributed by atoms with Crippen molar-refractivity contribution in [1.82, 2.24) is 5.32 Å². The Balaban J connectivity index is 2.59. The van der Waals surface area contributed by atoms with E-state index in [2.05, 4.69) is 11.9 Å². The molecule has 84 valence electrons. The van der Waals surface area contributed by atoms with Gasteiger partial charge in [-0.15, -0.1) is 0 Å². The topological polar surface area (TPSA) is 66.4 Å². The van der Waals surface area contributed by atoms with E-state index in [0.717, 1.165) is 38.2 Å². The van der Waals surface area contributed by atoms with Crippen LogP contribution in [0.5, 0.6) is 0 Å². The molecule has 1 rings (SSSR count). The van der Waals surface area contributed by atoms with E-state index in [1.807, 2.05) is 0 Å². The fourth-order valence-corrected chi connectivity index (χ4v) is 2.06. The molecule has 0 aromatic rings. The van der Waals surface area contributed by atoms with Crippen molar-refractivity contribution >= 4 is 11.9 Å². The van der Waals surface area contributed by atoms with Gasteiger partial charge >= 0.3 is 5.97 Å². The van der Waals surface area contributed by atoms with Gasteiger partial charge in [0.25, 0.3) is 0 Å². The minimum atomic E-state index is -0.947. The van der Waals surface area contributed by atoms with Gasteiger partial charge in [0.1, 0.15) is 6.04 Å². The van der Waals surface area contributed by atoms with Crippen LogP contribution in [-0.4, -0.2) is 23.0 Å². The van der Waals surface area contributed by atoms with Crippen molar-refractivity contribution in [2.75, 3.05) is 0 Å². The van der Waals surface area contributed by atoms with Crippen LogP contribution < -0.4 is 5.32 Å². The van der Waals surface area contributed by atoms with Crippen molar-refractivity contribution in [3.8, 4) is 0 Å². The molecule has 0 heterocycles. The Labute approximate surface area is 89.4 Å². The normalized spacial score (nSPS) is 19.2. The Kier molecular flexibility index (Phi) is 4.34. The summed E-state index contributed by atoms with van der Waals surface area (Å²) in [5.74, 6) is -1.29. The SMILES string of the molecule is C=CC(=O)NC(C(=O)O)C1CCCCC1. The number of carbonyl (C=O) groups excluding carboxylic acids is 1. The first-order chi connectivity index (χ1) is 7.15. The summed E-state index contributed by atoms with van der Waals surface area (Å²) in [7, 11) is 0. The predicted molar refractivity (Wildman–Crippen MR) is 56.3 cm³/mol. The number of carbonyl (C=O) groups is 2. The lowest BCUT2D eigenvalue weighted by Gasteiger charge is -2.27. The van der Waals surface area contributed by atoms with Gasteiger partial charge in [0.2, 0.25) is 5.91 Å². The van der Waals surface area contributed by atoms with Gasteiger partial charge in [-0.3, -0.25) is 4.79 Å². The quantitative estimate of drug-likeness (QED) is 0.689. The molecule has 1 saturated carbocycles. The smallest absolute Gasteiger partial charge is 0.326 e. The average Bonchev–Trinajstić information content (AvgIpc) is 2.26. The maximum Gasteiger partial charge on any atom is 0.326 e. The van der Waals surface area contributed by atoms with E-state index in [9.17, 15) is 9.59 Å². The summed E-state index contributed by atoms with van der Waals surface area (Å²) < 4.78 is 0. The van der Waals surface area contributed by atoms with Crippen molar-refractivity contribution in [2.45, 2.75) is 38.1 Å². The van der Waals surface area contributed by atoms with Gasteiger partial charge in [0.15, 0.2) is 0 Å². The molecule has 0 saturated heterocycles. The molecule has 1 amide bonds. The summed E-state index contributed by atoms with van der Waals surface area (Å²) >= 11 is 0. The molecule has 1 unspecified atom stereocenters. The highest BCUT2D eigenvalue weighted by molar-refractivity contribution is 5.90. The molecule has 15 heavy (non-hydrogen) atoms. The minimum Gasteiger partial charge on any atom is -0.480 e. The number of rotatable bonds is 4. The van der Waals surface area contributed by atoms with Gasteiger partial charge in [0.05, 0.1) is 0 Å². The van der Waals surface area contributed by atoms with E-state index < -0.39 is 17.9 Å². The number of nitrogens with one attached hydrogen (secondary N) is 1. The fraction of sp³-hybridized carbons (Fsp3) is 0.636. The first kappa shape index (κ1) is 11.8. The number of aliphatic carboxylic acids is 1. The molecule has 0 aromatic carbocycles. The molecular weight excluding hydrogens is 194 g/mol. The number of carboxylic acids is 1. The van der Waals surface area contributed by atoms with Gasteiger partial charge in [0, 0.05) is 0 Å². The third kappa shape index (κ3) is 3.38. The lowest BCUT2D eigenvalue weighted by atomic mass is 9.84. The Morgan fingerprint density at radius 3 is 2.40 bits per heavy atom. The van der Waals surface area contributed by atoms with Crippen molar-refractivity contribution in [1.29, 1.82) is 0 Å². The van der Waals surface area contributed by atoms with Gasteiger partial charge in [-0.25, -0.2) is 4.79 Å². The van der Waals surface area contributed by atoms with Crippen molar-refractivity contribution in [2.24, 2.45) is 5.92 Å². The zero-order chi connectivity index (χ0) is 11.3. The fourth-order valence-electron chi connectivity index (χ4n) is 2.06. The molecule has 0 radical (unpaired) electrons. The summed E-state index contributed by atoms with van der Waals surface area (Å²) in [5.41, 5.74) is 0. The zero-order valence-corrected chi connectivity index (χ0v) is 8.74. The van der Waals surface area contributed by atoms with Crippen molar-refractivity contribution in [3.05, 3.63) is 12.7 Å². The molecule has 1 aliphatic carbocycles. The highest BCUT2D eigenvalue weighted by atomic mass is 16.4. The Morgan fingerprint density at radius 2 is 1.93 bits per heavy atom. The number of amides is 1. The highest BCUT2D eigenvalue weighted by Gasteiger charge is 2.29. The number of hydrogen-bond acceptors (Lipinski definition) is 2. The maximum atomic E-state index is 11.1. The molecule has 4 nitrogen and oxygen atoms in total. The van der Waals surface area contributed by atoms with Gasteiger partial charge in [-0.1, -0.05) is 25.8 Å². The molecule has 0 aromatic heterocycles. The van der Waals surface area contributed by atoms with Crippen LogP contribution in [0.15, 0.2) is 12.7 Å². The second kappa shape index (κ2) is 5.53. The van der Waals surface area contributed by atoms with Gasteiger partial charge in [-0.2, -0.15) is 0 Å². The summed E-state index contributed by atoms with van der Waals surface area (Å²) in [6, 6.07) is -0.754. The van der Waals surface area contributed by atoms with Crippen LogP contribution in [0, 0.1) is 5.92 Å². The lowest BCUT2D eigenvalue weighted by Crippen LogP contribution is -2.45. The summed E-state index contributed by atoms with van der Waals surface area (Å²) in [6.45, 7) is 3.31. The largest absolute Gasteiger partial charge is 0.480 e. The van der Waals surface area contributed by atoms with E-state index in [1.165, 1.54) is 0 Å². The van der Waals surface area contributed by atoms with Crippen molar-refractivity contribution in [3.63, 3.8) is 0 Å². The Morgan fingerprint density at radius 1 is 1.33 bits per heavy atom. The summed E-state index contributed by atoms with van der Waals surface area (Å²) in [4.78, 5) is 22.1. The van der Waals surface area contributed by atoms with Crippen LogP contribution in [0.4, 0.5) is 0 Å². The zero-order valence-electron chi connectivity index (χ0n) is 8.74. The second-order valence-electron chi connectivity index (χ2n) is 3.93.